The molecular weight excluding hydrogens is 985 g/mol. The molecule has 1 atom stereocenters. The van der Waals surface area contributed by atoms with Crippen LogP contribution in [0.25, 0.3) is 0 Å². The molecule has 0 aliphatic rings. The molecule has 0 heterocycles. The summed E-state index contributed by atoms with van der Waals surface area (Å²) in [6.45, 7) is 6.43. The van der Waals surface area contributed by atoms with Crippen molar-refractivity contribution >= 4 is 17.9 Å². The Morgan fingerprint density at radius 2 is 0.487 bits per heavy atom. The third kappa shape index (κ3) is 63.9. The third-order valence-corrected chi connectivity index (χ3v) is 13.3. The SMILES string of the molecule is CC/C=C\C/C=C\C/C=C\C/C=C\C/C=C\C/C=C\C/C=C\C/C=C\C/C=C\C/C=C\CCCCCCC(=O)OCC(COC(=O)CCCCCCCCCC)OC(=O)CCCCCCCC/C=C\C/C=C\C/C=C\CCCCC. The van der Waals surface area contributed by atoms with Gasteiger partial charge in [0.15, 0.2) is 6.10 Å². The smallest absolute Gasteiger partial charge is 0.306 e. The van der Waals surface area contributed by atoms with Crippen LogP contribution >= 0.6 is 0 Å². The first-order chi connectivity index (χ1) is 39.5. The molecule has 6 heteroatoms. The van der Waals surface area contributed by atoms with E-state index >= 15 is 0 Å². The number of hydrogen-bond acceptors (Lipinski definition) is 6. The maximum Gasteiger partial charge on any atom is 0.306 e. The van der Waals surface area contributed by atoms with E-state index in [-0.39, 0.29) is 31.1 Å². The minimum Gasteiger partial charge on any atom is -0.462 e. The Kier molecular flexibility index (Phi) is 62.4. The highest BCUT2D eigenvalue weighted by atomic mass is 16.6. The molecule has 0 saturated carbocycles. The van der Waals surface area contributed by atoms with Gasteiger partial charge in [-0.3, -0.25) is 14.4 Å². The van der Waals surface area contributed by atoms with Gasteiger partial charge in [-0.2, -0.15) is 0 Å². The predicted octanol–water partition coefficient (Wildman–Crippen LogP) is 22.5. The summed E-state index contributed by atoms with van der Waals surface area (Å²) in [5, 5.41) is 0. The molecule has 0 aromatic heterocycles. The minimum atomic E-state index is -0.800. The van der Waals surface area contributed by atoms with Crippen molar-refractivity contribution in [3.8, 4) is 0 Å². The number of unbranched alkanes of at least 4 members (excludes halogenated alkanes) is 20. The Balaban J connectivity index is 4.27. The number of hydrogen-bond donors (Lipinski definition) is 0. The Hall–Kier alpha value is -4.97. The van der Waals surface area contributed by atoms with Gasteiger partial charge in [-0.1, -0.05) is 275 Å². The molecule has 0 aromatic rings. The number of rotatable bonds is 57. The summed E-state index contributed by atoms with van der Waals surface area (Å²) in [5.41, 5.74) is 0. The first-order valence-corrected chi connectivity index (χ1v) is 32.5. The fourth-order valence-corrected chi connectivity index (χ4v) is 8.42. The van der Waals surface area contributed by atoms with Crippen LogP contribution in [0.5, 0.6) is 0 Å². The van der Waals surface area contributed by atoms with E-state index in [1.807, 2.05) is 0 Å². The van der Waals surface area contributed by atoms with Crippen LogP contribution in [0.1, 0.15) is 271 Å². The number of allylic oxidation sites excluding steroid dienone is 26. The maximum absolute atomic E-state index is 12.9. The summed E-state index contributed by atoms with van der Waals surface area (Å²) >= 11 is 0. The van der Waals surface area contributed by atoms with Crippen LogP contribution in [0.15, 0.2) is 158 Å². The second-order valence-electron chi connectivity index (χ2n) is 20.9. The molecule has 0 radical (unpaired) electrons. The molecule has 0 aliphatic heterocycles. The van der Waals surface area contributed by atoms with E-state index in [1.54, 1.807) is 0 Å². The van der Waals surface area contributed by atoms with Crippen molar-refractivity contribution in [2.24, 2.45) is 0 Å². The Morgan fingerprint density at radius 3 is 0.787 bits per heavy atom. The van der Waals surface area contributed by atoms with Gasteiger partial charge in [0.1, 0.15) is 13.2 Å². The van der Waals surface area contributed by atoms with Crippen LogP contribution < -0.4 is 0 Å². The van der Waals surface area contributed by atoms with Crippen LogP contribution in [-0.2, 0) is 28.6 Å². The molecule has 1 unspecified atom stereocenters. The highest BCUT2D eigenvalue weighted by Gasteiger charge is 2.19. The fourth-order valence-electron chi connectivity index (χ4n) is 8.42. The topological polar surface area (TPSA) is 78.9 Å². The molecule has 0 aliphatic carbocycles. The molecule has 0 N–H and O–H groups in total. The number of carbonyl (C=O) groups excluding carboxylic acids is 3. The zero-order chi connectivity index (χ0) is 57.8. The molecule has 6 nitrogen and oxygen atoms in total. The highest BCUT2D eigenvalue weighted by Crippen LogP contribution is 2.14. The van der Waals surface area contributed by atoms with Crippen molar-refractivity contribution in [3.05, 3.63) is 158 Å². The van der Waals surface area contributed by atoms with Gasteiger partial charge in [0.2, 0.25) is 0 Å². The van der Waals surface area contributed by atoms with Crippen LogP contribution in [0, 0.1) is 0 Å². The quantitative estimate of drug-likeness (QED) is 0.0261. The molecule has 0 spiro atoms. The van der Waals surface area contributed by atoms with Crippen LogP contribution in [0.2, 0.25) is 0 Å². The van der Waals surface area contributed by atoms with E-state index in [1.165, 1.54) is 70.6 Å². The molecule has 80 heavy (non-hydrogen) atoms. The largest absolute Gasteiger partial charge is 0.462 e. The minimum absolute atomic E-state index is 0.0956. The van der Waals surface area contributed by atoms with E-state index in [0.717, 1.165) is 161 Å². The zero-order valence-electron chi connectivity index (χ0n) is 51.5. The summed E-state index contributed by atoms with van der Waals surface area (Å²) in [7, 11) is 0. The summed E-state index contributed by atoms with van der Waals surface area (Å²) in [6, 6.07) is 0. The lowest BCUT2D eigenvalue weighted by atomic mass is 10.1. The van der Waals surface area contributed by atoms with Gasteiger partial charge in [-0.25, -0.2) is 0 Å². The zero-order valence-corrected chi connectivity index (χ0v) is 51.5. The number of esters is 3. The summed E-state index contributed by atoms with van der Waals surface area (Å²) in [4.78, 5) is 38.1. The molecule has 0 saturated heterocycles. The van der Waals surface area contributed by atoms with E-state index in [9.17, 15) is 14.4 Å². The molecule has 0 bridgehead atoms. The van der Waals surface area contributed by atoms with E-state index in [0.29, 0.717) is 19.3 Å². The second kappa shape index (κ2) is 66.5. The molecule has 0 amide bonds. The third-order valence-electron chi connectivity index (χ3n) is 13.3. The van der Waals surface area contributed by atoms with E-state index in [2.05, 4.69) is 179 Å². The lowest BCUT2D eigenvalue weighted by Crippen LogP contribution is -2.30. The Labute approximate surface area is 492 Å². The van der Waals surface area contributed by atoms with Crippen molar-refractivity contribution in [2.75, 3.05) is 13.2 Å². The predicted molar refractivity (Wildman–Crippen MR) is 348 cm³/mol. The van der Waals surface area contributed by atoms with Gasteiger partial charge in [0, 0.05) is 19.3 Å². The lowest BCUT2D eigenvalue weighted by molar-refractivity contribution is -0.167. The molecular formula is C74H118O6. The average Bonchev–Trinajstić information content (AvgIpc) is 3.46. The number of carbonyl (C=O) groups is 3. The summed E-state index contributed by atoms with van der Waals surface area (Å²) in [6.07, 6.45) is 96.9. The fraction of sp³-hybridized carbons (Fsp3) is 0.608. The van der Waals surface area contributed by atoms with Gasteiger partial charge in [-0.05, 0) is 135 Å². The monoisotopic (exact) mass is 1100 g/mol. The molecule has 450 valence electrons. The second-order valence-corrected chi connectivity index (χ2v) is 20.9. The van der Waals surface area contributed by atoms with Gasteiger partial charge in [0.05, 0.1) is 0 Å². The normalized spacial score (nSPS) is 13.2. The van der Waals surface area contributed by atoms with Crippen LogP contribution in [-0.4, -0.2) is 37.2 Å². The van der Waals surface area contributed by atoms with Gasteiger partial charge in [0.25, 0.3) is 0 Å². The van der Waals surface area contributed by atoms with Crippen LogP contribution in [0.3, 0.4) is 0 Å². The van der Waals surface area contributed by atoms with E-state index in [4.69, 9.17) is 14.2 Å². The molecule has 0 rings (SSSR count). The van der Waals surface area contributed by atoms with Crippen molar-refractivity contribution in [2.45, 2.75) is 277 Å². The van der Waals surface area contributed by atoms with Gasteiger partial charge < -0.3 is 14.2 Å². The average molecular weight is 1100 g/mol. The van der Waals surface area contributed by atoms with E-state index < -0.39 is 6.10 Å². The van der Waals surface area contributed by atoms with Crippen molar-refractivity contribution < 1.29 is 28.6 Å². The molecule has 0 fully saturated rings. The number of ether oxygens (including phenoxy) is 3. The van der Waals surface area contributed by atoms with Gasteiger partial charge >= 0.3 is 17.9 Å². The standard InChI is InChI=1S/C74H118O6/c1-4-7-10-13-16-19-21-23-25-27-29-30-31-32-33-34-35-36-37-38-39-40-41-42-43-44-46-47-49-51-53-55-58-61-64-67-73(76)79-70-71(69-78-72(75)66-63-60-57-18-15-12-9-6-3)80-74(77)68-65-62-59-56-54-52-50-48-45-28-26-24-22-20-17-14-11-8-5-2/h7,10,16-17,19-20,23-26,29-30,32-33,35-36,38-39,41-42,44-46,48-49,51,71H,4-6,8-9,11-15,18,21-22,27-28,31,34,37,40,43,47,50,52-70H2,1-3H3/b10-7-,19-16-,20-17-,25-23-,26-24-,30-29-,33-32-,36-35-,39-38-,42-41-,46-44-,48-45-,51-49-. The highest BCUT2D eigenvalue weighted by molar-refractivity contribution is 5.71. The van der Waals surface area contributed by atoms with Gasteiger partial charge in [-0.15, -0.1) is 0 Å². The molecule has 0 aromatic carbocycles. The van der Waals surface area contributed by atoms with Crippen LogP contribution in [0.4, 0.5) is 0 Å². The maximum atomic E-state index is 12.9. The van der Waals surface area contributed by atoms with Crippen molar-refractivity contribution in [3.63, 3.8) is 0 Å². The first-order valence-electron chi connectivity index (χ1n) is 32.5. The Bertz CT molecular complexity index is 1790. The Morgan fingerprint density at radius 1 is 0.263 bits per heavy atom. The summed E-state index contributed by atoms with van der Waals surface area (Å²) < 4.78 is 16.8. The van der Waals surface area contributed by atoms with Crippen molar-refractivity contribution in [1.29, 1.82) is 0 Å². The first kappa shape index (κ1) is 75.0. The van der Waals surface area contributed by atoms with Crippen molar-refractivity contribution in [1.82, 2.24) is 0 Å². The summed E-state index contributed by atoms with van der Waals surface area (Å²) in [5.74, 6) is -0.942. The lowest BCUT2D eigenvalue weighted by Gasteiger charge is -2.18.